The Labute approximate surface area is 119 Å². The van der Waals surface area contributed by atoms with Crippen molar-refractivity contribution in [2.24, 2.45) is 0 Å². The van der Waals surface area contributed by atoms with Gasteiger partial charge in [-0.25, -0.2) is 4.98 Å². The van der Waals surface area contributed by atoms with Crippen LogP contribution in [0.2, 0.25) is 0 Å². The highest BCUT2D eigenvalue weighted by atomic mass is 32.1. The molecular weight excluding hydrogens is 252 g/mol. The smallest absolute Gasteiger partial charge is 0.0975 e. The number of aryl methyl sites for hydroxylation is 2. The van der Waals surface area contributed by atoms with Crippen LogP contribution in [0.25, 0.3) is 0 Å². The van der Waals surface area contributed by atoms with Gasteiger partial charge in [-0.2, -0.15) is 0 Å². The minimum Gasteiger partial charge on any atom is -0.312 e. The number of benzene rings is 1. The van der Waals surface area contributed by atoms with Crippen LogP contribution in [0.1, 0.15) is 40.6 Å². The van der Waals surface area contributed by atoms with E-state index in [1.807, 2.05) is 11.3 Å². The van der Waals surface area contributed by atoms with Crippen LogP contribution >= 0.6 is 11.3 Å². The summed E-state index contributed by atoms with van der Waals surface area (Å²) in [5.74, 6) is 0. The normalized spacial score (nSPS) is 10.9. The van der Waals surface area contributed by atoms with Gasteiger partial charge in [-0.15, -0.1) is 11.3 Å². The first-order valence-corrected chi connectivity index (χ1v) is 7.78. The predicted molar refractivity (Wildman–Crippen MR) is 82.9 cm³/mol. The van der Waals surface area contributed by atoms with Gasteiger partial charge in [0.15, 0.2) is 0 Å². The fourth-order valence-corrected chi connectivity index (χ4v) is 3.29. The first kappa shape index (κ1) is 14.2. The fourth-order valence-electron chi connectivity index (χ4n) is 2.14. The maximum Gasteiger partial charge on any atom is 0.0975 e. The number of nitrogens with one attached hydrogen (secondary N) is 1. The Kier molecular flexibility index (Phi) is 5.11. The van der Waals surface area contributed by atoms with Crippen molar-refractivity contribution >= 4 is 11.3 Å². The third-order valence-corrected chi connectivity index (χ3v) is 4.39. The third kappa shape index (κ3) is 3.64. The summed E-state index contributed by atoms with van der Waals surface area (Å²) in [6.07, 6.45) is 1.97. The summed E-state index contributed by atoms with van der Waals surface area (Å²) in [5.41, 5.74) is 3.99. The second-order valence-electron chi connectivity index (χ2n) is 4.71. The lowest BCUT2D eigenvalue weighted by molar-refractivity contribution is 0.727. The van der Waals surface area contributed by atoms with Crippen molar-refractivity contribution in [1.29, 1.82) is 0 Å². The zero-order chi connectivity index (χ0) is 13.7. The highest BCUT2D eigenvalue weighted by Crippen LogP contribution is 2.22. The molecule has 0 saturated heterocycles. The second-order valence-corrected chi connectivity index (χ2v) is 5.88. The van der Waals surface area contributed by atoms with Crippen LogP contribution in [0.4, 0.5) is 0 Å². The molecular formula is C16H22N2S. The van der Waals surface area contributed by atoms with Crippen molar-refractivity contribution in [2.75, 3.05) is 6.54 Å². The van der Waals surface area contributed by atoms with Crippen molar-refractivity contribution in [3.63, 3.8) is 0 Å². The molecule has 0 aliphatic rings. The molecule has 2 rings (SSSR count). The molecule has 0 unspecified atom stereocenters. The quantitative estimate of drug-likeness (QED) is 0.868. The Balaban J connectivity index is 2.17. The summed E-state index contributed by atoms with van der Waals surface area (Å²) in [5, 5.41) is 4.63. The van der Waals surface area contributed by atoms with Crippen LogP contribution in [0.3, 0.4) is 0 Å². The average molecular weight is 274 g/mol. The zero-order valence-electron chi connectivity index (χ0n) is 12.0. The van der Waals surface area contributed by atoms with Gasteiger partial charge in [0, 0.05) is 17.8 Å². The number of nitrogens with zero attached hydrogens (tertiary/aromatic N) is 1. The topological polar surface area (TPSA) is 24.9 Å². The molecule has 3 heteroatoms. The fraction of sp³-hybridized carbons (Fsp3) is 0.438. The van der Waals surface area contributed by atoms with Gasteiger partial charge in [0.2, 0.25) is 0 Å². The van der Waals surface area contributed by atoms with Gasteiger partial charge >= 0.3 is 0 Å². The van der Waals surface area contributed by atoms with E-state index in [0.717, 1.165) is 25.9 Å². The number of aromatic nitrogens is 1. The second kappa shape index (κ2) is 6.83. The third-order valence-electron chi connectivity index (χ3n) is 3.30. The molecule has 0 fully saturated rings. The molecule has 0 bridgehead atoms. The summed E-state index contributed by atoms with van der Waals surface area (Å²) in [6.45, 7) is 8.45. The minimum atomic E-state index is 0.950. The molecule has 1 heterocycles. The van der Waals surface area contributed by atoms with Crippen molar-refractivity contribution < 1.29 is 0 Å². The summed E-state index contributed by atoms with van der Waals surface area (Å²) < 4.78 is 0. The molecule has 0 aliphatic heterocycles. The van der Waals surface area contributed by atoms with Gasteiger partial charge in [0.1, 0.15) is 0 Å². The lowest BCUT2D eigenvalue weighted by atomic mass is 10.1. The van der Waals surface area contributed by atoms with E-state index in [9.17, 15) is 0 Å². The Morgan fingerprint density at radius 3 is 2.68 bits per heavy atom. The van der Waals surface area contributed by atoms with Gasteiger partial charge in [-0.05, 0) is 31.0 Å². The molecule has 1 aromatic carbocycles. The van der Waals surface area contributed by atoms with Crippen LogP contribution in [0.15, 0.2) is 24.3 Å². The first-order chi connectivity index (χ1) is 9.24. The van der Waals surface area contributed by atoms with Crippen molar-refractivity contribution in [3.05, 3.63) is 51.0 Å². The maximum atomic E-state index is 4.80. The molecule has 0 aliphatic carbocycles. The Morgan fingerprint density at radius 1 is 1.21 bits per heavy atom. The molecule has 0 atom stereocenters. The van der Waals surface area contributed by atoms with E-state index in [2.05, 4.69) is 50.4 Å². The molecule has 0 spiro atoms. The molecule has 0 radical (unpaired) electrons. The predicted octanol–water partition coefficient (Wildman–Crippen LogP) is 3.71. The SMILES string of the molecule is CCNCc1sc(Cc2ccccc2C)nc1CC. The van der Waals surface area contributed by atoms with E-state index >= 15 is 0 Å². The average Bonchev–Trinajstić information content (AvgIpc) is 2.81. The molecule has 2 nitrogen and oxygen atoms in total. The molecule has 19 heavy (non-hydrogen) atoms. The lowest BCUT2D eigenvalue weighted by Gasteiger charge is -2.02. The van der Waals surface area contributed by atoms with Gasteiger partial charge in [0.25, 0.3) is 0 Å². The van der Waals surface area contributed by atoms with Gasteiger partial charge in [0.05, 0.1) is 10.7 Å². The Morgan fingerprint density at radius 2 is 2.00 bits per heavy atom. The van der Waals surface area contributed by atoms with Gasteiger partial charge in [-0.1, -0.05) is 38.1 Å². The van der Waals surface area contributed by atoms with E-state index in [0.29, 0.717) is 0 Å². The lowest BCUT2D eigenvalue weighted by Crippen LogP contribution is -2.11. The summed E-state index contributed by atoms with van der Waals surface area (Å²) in [4.78, 5) is 6.19. The van der Waals surface area contributed by atoms with E-state index in [1.165, 1.54) is 26.7 Å². The van der Waals surface area contributed by atoms with E-state index in [4.69, 9.17) is 4.98 Å². The van der Waals surface area contributed by atoms with Crippen LogP contribution in [-0.2, 0) is 19.4 Å². The largest absolute Gasteiger partial charge is 0.312 e. The van der Waals surface area contributed by atoms with Crippen molar-refractivity contribution in [3.8, 4) is 0 Å². The van der Waals surface area contributed by atoms with Gasteiger partial charge in [-0.3, -0.25) is 0 Å². The number of hydrogen-bond donors (Lipinski definition) is 1. The highest BCUT2D eigenvalue weighted by Gasteiger charge is 2.10. The Bertz CT molecular complexity index is 531. The first-order valence-electron chi connectivity index (χ1n) is 6.97. The van der Waals surface area contributed by atoms with Crippen LogP contribution < -0.4 is 5.32 Å². The summed E-state index contributed by atoms with van der Waals surface area (Å²) in [7, 11) is 0. The number of thiazole rings is 1. The van der Waals surface area contributed by atoms with Crippen LogP contribution in [0.5, 0.6) is 0 Å². The van der Waals surface area contributed by atoms with Crippen LogP contribution in [-0.4, -0.2) is 11.5 Å². The zero-order valence-corrected chi connectivity index (χ0v) is 12.8. The maximum absolute atomic E-state index is 4.80. The Hall–Kier alpha value is -1.19. The van der Waals surface area contributed by atoms with Crippen molar-refractivity contribution in [2.45, 2.75) is 40.2 Å². The molecule has 2 aromatic rings. The molecule has 0 saturated carbocycles. The number of hydrogen-bond acceptors (Lipinski definition) is 3. The molecule has 0 amide bonds. The summed E-state index contributed by atoms with van der Waals surface area (Å²) in [6, 6.07) is 8.57. The van der Waals surface area contributed by atoms with E-state index in [-0.39, 0.29) is 0 Å². The van der Waals surface area contributed by atoms with Crippen molar-refractivity contribution in [1.82, 2.24) is 10.3 Å². The van der Waals surface area contributed by atoms with E-state index < -0.39 is 0 Å². The molecule has 102 valence electrons. The molecule has 1 N–H and O–H groups in total. The monoisotopic (exact) mass is 274 g/mol. The van der Waals surface area contributed by atoms with E-state index in [1.54, 1.807) is 0 Å². The van der Waals surface area contributed by atoms with Gasteiger partial charge < -0.3 is 5.32 Å². The standard InChI is InChI=1S/C16H22N2S/c1-4-14-15(11-17-5-2)19-16(18-14)10-13-9-7-6-8-12(13)3/h6-9,17H,4-5,10-11H2,1-3H3. The summed E-state index contributed by atoms with van der Waals surface area (Å²) >= 11 is 1.85. The minimum absolute atomic E-state index is 0.950. The highest BCUT2D eigenvalue weighted by molar-refractivity contribution is 7.11. The van der Waals surface area contributed by atoms with Crippen LogP contribution in [0, 0.1) is 6.92 Å². The number of rotatable bonds is 6. The molecule has 1 aromatic heterocycles.